The SMILES string of the molecule is C[C@@H]1C[C@H](COc2ccc(S(C)(=O)=O)cc2)CN1CC(O)c1cccc(Cl)c1. The van der Waals surface area contributed by atoms with Gasteiger partial charge in [0.25, 0.3) is 0 Å². The first-order valence-electron chi connectivity index (χ1n) is 9.33. The van der Waals surface area contributed by atoms with E-state index in [1.54, 1.807) is 36.4 Å². The van der Waals surface area contributed by atoms with Crippen molar-refractivity contribution in [3.05, 3.63) is 59.1 Å². The van der Waals surface area contributed by atoms with E-state index in [1.807, 2.05) is 12.1 Å². The van der Waals surface area contributed by atoms with Crippen LogP contribution >= 0.6 is 11.6 Å². The highest BCUT2D eigenvalue weighted by Crippen LogP contribution is 2.27. The molecule has 2 aromatic rings. The molecule has 0 amide bonds. The van der Waals surface area contributed by atoms with E-state index < -0.39 is 15.9 Å². The molecule has 0 aliphatic carbocycles. The van der Waals surface area contributed by atoms with Crippen LogP contribution in [0.2, 0.25) is 5.02 Å². The molecule has 0 spiro atoms. The highest BCUT2D eigenvalue weighted by Gasteiger charge is 2.31. The fourth-order valence-corrected chi connectivity index (χ4v) is 4.46. The van der Waals surface area contributed by atoms with Gasteiger partial charge < -0.3 is 9.84 Å². The summed E-state index contributed by atoms with van der Waals surface area (Å²) in [6.45, 7) is 4.12. The van der Waals surface area contributed by atoms with Crippen LogP contribution < -0.4 is 4.74 Å². The number of likely N-dealkylation sites (tertiary alicyclic amines) is 1. The quantitative estimate of drug-likeness (QED) is 0.737. The van der Waals surface area contributed by atoms with E-state index in [0.717, 1.165) is 18.5 Å². The minimum atomic E-state index is -3.20. The van der Waals surface area contributed by atoms with E-state index in [0.29, 0.717) is 35.9 Å². The first-order valence-corrected chi connectivity index (χ1v) is 11.6. The minimum absolute atomic E-state index is 0.288. The molecular formula is C21H26ClNO4S. The van der Waals surface area contributed by atoms with Gasteiger partial charge in [-0.05, 0) is 55.3 Å². The van der Waals surface area contributed by atoms with Crippen LogP contribution in [0.15, 0.2) is 53.4 Å². The van der Waals surface area contributed by atoms with Crippen molar-refractivity contribution < 1.29 is 18.3 Å². The van der Waals surface area contributed by atoms with Gasteiger partial charge in [-0.2, -0.15) is 0 Å². The van der Waals surface area contributed by atoms with Crippen molar-refractivity contribution in [2.24, 2.45) is 5.92 Å². The molecule has 1 saturated heterocycles. The number of aliphatic hydroxyl groups excluding tert-OH is 1. The van der Waals surface area contributed by atoms with Crippen molar-refractivity contribution in [1.29, 1.82) is 0 Å². The van der Waals surface area contributed by atoms with E-state index in [4.69, 9.17) is 16.3 Å². The highest BCUT2D eigenvalue weighted by atomic mass is 35.5. The number of benzene rings is 2. The van der Waals surface area contributed by atoms with Gasteiger partial charge in [0.05, 0.1) is 17.6 Å². The first kappa shape index (κ1) is 21.1. The summed E-state index contributed by atoms with van der Waals surface area (Å²) in [5, 5.41) is 11.2. The van der Waals surface area contributed by atoms with Crippen molar-refractivity contribution in [2.45, 2.75) is 30.4 Å². The summed E-state index contributed by atoms with van der Waals surface area (Å²) in [6, 6.07) is 14.2. The predicted molar refractivity (Wildman–Crippen MR) is 111 cm³/mol. The van der Waals surface area contributed by atoms with Crippen LogP contribution in [-0.4, -0.2) is 50.4 Å². The van der Waals surface area contributed by atoms with E-state index in [-0.39, 0.29) is 4.90 Å². The molecule has 1 heterocycles. The average molecular weight is 424 g/mol. The van der Waals surface area contributed by atoms with Gasteiger partial charge >= 0.3 is 0 Å². The molecule has 28 heavy (non-hydrogen) atoms. The Balaban J connectivity index is 1.52. The third-order valence-corrected chi connectivity index (χ3v) is 6.53. The largest absolute Gasteiger partial charge is 0.493 e. The number of sulfone groups is 1. The number of hydrogen-bond donors (Lipinski definition) is 1. The van der Waals surface area contributed by atoms with Gasteiger partial charge in [-0.15, -0.1) is 0 Å². The second-order valence-corrected chi connectivity index (χ2v) is 9.98. The summed E-state index contributed by atoms with van der Waals surface area (Å²) < 4.78 is 28.9. The van der Waals surface area contributed by atoms with E-state index >= 15 is 0 Å². The van der Waals surface area contributed by atoms with Crippen molar-refractivity contribution in [1.82, 2.24) is 4.90 Å². The summed E-state index contributed by atoms with van der Waals surface area (Å²) in [5.74, 6) is 1.02. The van der Waals surface area contributed by atoms with Crippen LogP contribution in [0.5, 0.6) is 5.75 Å². The zero-order valence-corrected chi connectivity index (χ0v) is 17.7. The summed E-state index contributed by atoms with van der Waals surface area (Å²) in [5.41, 5.74) is 0.824. The number of aliphatic hydroxyl groups is 1. The number of β-amino-alcohol motifs (C(OH)–C–C–N with tert-alkyl or cyclic N) is 1. The molecule has 0 aromatic heterocycles. The number of nitrogens with zero attached hydrogens (tertiary/aromatic N) is 1. The van der Waals surface area contributed by atoms with Gasteiger partial charge in [-0.1, -0.05) is 23.7 Å². The smallest absolute Gasteiger partial charge is 0.175 e. The van der Waals surface area contributed by atoms with Crippen LogP contribution in [0.1, 0.15) is 25.0 Å². The summed E-state index contributed by atoms with van der Waals surface area (Å²) >= 11 is 6.02. The summed E-state index contributed by atoms with van der Waals surface area (Å²) in [7, 11) is -3.20. The average Bonchev–Trinajstić information content (AvgIpc) is 2.99. The fourth-order valence-electron chi connectivity index (χ4n) is 3.63. The number of ether oxygens (including phenoxy) is 1. The molecule has 1 aliphatic heterocycles. The predicted octanol–water partition coefficient (Wildman–Crippen LogP) is 3.57. The Morgan fingerprint density at radius 1 is 1.25 bits per heavy atom. The number of hydrogen-bond acceptors (Lipinski definition) is 5. The normalized spacial score (nSPS) is 21.6. The lowest BCUT2D eigenvalue weighted by Gasteiger charge is -2.24. The monoisotopic (exact) mass is 423 g/mol. The molecule has 0 radical (unpaired) electrons. The summed E-state index contributed by atoms with van der Waals surface area (Å²) in [6.07, 6.45) is 1.60. The third kappa shape index (κ3) is 5.47. The standard InChI is InChI=1S/C21H26ClNO4S/c1-15-10-16(14-27-19-6-8-20(9-7-19)28(2,25)26)12-23(15)13-21(24)17-4-3-5-18(22)11-17/h3-9,11,15-16,21,24H,10,12-14H2,1-2H3/t15-,16+,21?/m1/s1. The zero-order chi connectivity index (χ0) is 20.3. The molecule has 1 aliphatic rings. The molecule has 0 bridgehead atoms. The lowest BCUT2D eigenvalue weighted by Crippen LogP contribution is -2.32. The third-order valence-electron chi connectivity index (χ3n) is 5.17. The van der Waals surface area contributed by atoms with Crippen LogP contribution in [0.4, 0.5) is 0 Å². The van der Waals surface area contributed by atoms with Gasteiger partial charge in [0.2, 0.25) is 0 Å². The molecular weight excluding hydrogens is 398 g/mol. The maximum absolute atomic E-state index is 11.5. The van der Waals surface area contributed by atoms with Crippen LogP contribution in [0.3, 0.4) is 0 Å². The van der Waals surface area contributed by atoms with Gasteiger partial charge in [0.15, 0.2) is 9.84 Å². The molecule has 2 aromatic carbocycles. The van der Waals surface area contributed by atoms with Crippen molar-refractivity contribution >= 4 is 21.4 Å². The highest BCUT2D eigenvalue weighted by molar-refractivity contribution is 7.90. The van der Waals surface area contributed by atoms with E-state index in [9.17, 15) is 13.5 Å². The molecule has 1 fully saturated rings. The Hall–Kier alpha value is -1.60. The number of rotatable bonds is 7. The molecule has 152 valence electrons. The lowest BCUT2D eigenvalue weighted by molar-refractivity contribution is 0.107. The minimum Gasteiger partial charge on any atom is -0.493 e. The maximum Gasteiger partial charge on any atom is 0.175 e. The molecule has 0 saturated carbocycles. The van der Waals surface area contributed by atoms with Gasteiger partial charge in [0, 0.05) is 36.3 Å². The Labute approximate surface area is 171 Å². The first-order chi connectivity index (χ1) is 13.2. The maximum atomic E-state index is 11.5. The van der Waals surface area contributed by atoms with Crippen molar-refractivity contribution in [3.8, 4) is 5.75 Å². The second-order valence-electron chi connectivity index (χ2n) is 7.53. The fraction of sp³-hybridized carbons (Fsp3) is 0.429. The zero-order valence-electron chi connectivity index (χ0n) is 16.1. The second kappa shape index (κ2) is 8.82. The molecule has 5 nitrogen and oxygen atoms in total. The van der Waals surface area contributed by atoms with Crippen LogP contribution in [0.25, 0.3) is 0 Å². The Bertz CT molecular complexity index is 901. The molecule has 3 rings (SSSR count). The van der Waals surface area contributed by atoms with Gasteiger partial charge in [0.1, 0.15) is 5.75 Å². The van der Waals surface area contributed by atoms with Gasteiger partial charge in [-0.3, -0.25) is 4.90 Å². The Morgan fingerprint density at radius 2 is 1.96 bits per heavy atom. The topological polar surface area (TPSA) is 66.8 Å². The lowest BCUT2D eigenvalue weighted by atomic mass is 10.1. The van der Waals surface area contributed by atoms with Gasteiger partial charge in [-0.25, -0.2) is 8.42 Å². The Kier molecular flexibility index (Phi) is 6.65. The molecule has 3 atom stereocenters. The summed E-state index contributed by atoms with van der Waals surface area (Å²) in [4.78, 5) is 2.56. The Morgan fingerprint density at radius 3 is 2.61 bits per heavy atom. The van der Waals surface area contributed by atoms with E-state index in [2.05, 4.69) is 11.8 Å². The molecule has 1 N–H and O–H groups in total. The number of halogens is 1. The molecule has 1 unspecified atom stereocenters. The van der Waals surface area contributed by atoms with Crippen molar-refractivity contribution in [3.63, 3.8) is 0 Å². The van der Waals surface area contributed by atoms with Crippen LogP contribution in [0, 0.1) is 5.92 Å². The van der Waals surface area contributed by atoms with Crippen LogP contribution in [-0.2, 0) is 9.84 Å². The van der Waals surface area contributed by atoms with Crippen molar-refractivity contribution in [2.75, 3.05) is 26.0 Å². The molecule has 7 heteroatoms. The van der Waals surface area contributed by atoms with E-state index in [1.165, 1.54) is 6.26 Å².